The Balaban J connectivity index is 0. The quantitative estimate of drug-likeness (QED) is 0.238. The van der Waals surface area contributed by atoms with Crippen LogP contribution in [-0.2, 0) is 18.4 Å². The van der Waals surface area contributed by atoms with Crippen LogP contribution < -0.4 is 39.8 Å². The Morgan fingerprint density at radius 1 is 1.57 bits per heavy atom. The van der Waals surface area contributed by atoms with Gasteiger partial charge in [-0.05, 0) is 6.92 Å². The van der Waals surface area contributed by atoms with Crippen LogP contribution in [0.25, 0.3) is 0 Å². The minimum absolute atomic E-state index is 0. The Kier molecular flexibility index (Phi) is 8.83. The van der Waals surface area contributed by atoms with Crippen molar-refractivity contribution in [3.8, 4) is 0 Å². The van der Waals surface area contributed by atoms with E-state index in [2.05, 4.69) is 14.4 Å². The van der Waals surface area contributed by atoms with E-state index in [0.29, 0.717) is 0 Å². The van der Waals surface area contributed by atoms with Crippen molar-refractivity contribution in [2.75, 3.05) is 14.2 Å². The number of carbonyl (C=O) groups excluding carboxylic acids is 1. The molecule has 1 N–H and O–H groups in total. The summed E-state index contributed by atoms with van der Waals surface area (Å²) in [7, 11) is -1.91. The van der Waals surface area contributed by atoms with Gasteiger partial charge in [0, 0.05) is 20.2 Å². The number of carbonyl (C=O) groups is 1. The fraction of sp³-hybridized carbons (Fsp3) is 0.500. The van der Waals surface area contributed by atoms with E-state index >= 15 is 0 Å². The Hall–Kier alpha value is 0.160. The molecule has 0 fully saturated rings. The molecule has 0 aromatic carbocycles. The first-order chi connectivity index (χ1) is 5.91. The average molecular weight is 231 g/mol. The molecule has 76 valence electrons. The van der Waals surface area contributed by atoms with Crippen LogP contribution in [0.15, 0.2) is 11.8 Å². The number of allylic oxidation sites excluding steroid dienone is 1. The maximum Gasteiger partial charge on any atom is 1.00 e. The minimum atomic E-state index is -4.29. The molecule has 1 unspecified atom stereocenters. The number of likely N-dealkylation sites (N-methyl/N-ethyl adjacent to an activating group) is 1. The smallest absolute Gasteiger partial charge is 0.746 e. The molecule has 0 radical (unpaired) electrons. The Morgan fingerprint density at radius 3 is 2.43 bits per heavy atom. The normalized spacial score (nSPS) is 15.0. The molecule has 14 heavy (non-hydrogen) atoms. The van der Waals surface area contributed by atoms with Crippen LogP contribution in [-0.4, -0.2) is 20.1 Å². The number of nitrogens with one attached hydrogen (secondary N) is 1. The van der Waals surface area contributed by atoms with Crippen molar-refractivity contribution in [3.63, 3.8) is 0 Å². The molecular weight excluding hydrogens is 220 g/mol. The van der Waals surface area contributed by atoms with Crippen LogP contribution in [0.1, 0.15) is 6.92 Å². The molecule has 1 atom stereocenters. The van der Waals surface area contributed by atoms with E-state index in [-0.39, 0.29) is 35.3 Å². The number of phosphoric acid groups is 1. The fourth-order valence-corrected chi connectivity index (χ4v) is 0.977. The maximum atomic E-state index is 10.7. The van der Waals surface area contributed by atoms with Crippen LogP contribution in [0.3, 0.4) is 0 Å². The van der Waals surface area contributed by atoms with Crippen molar-refractivity contribution in [3.05, 3.63) is 11.8 Å². The molecule has 0 aromatic rings. The Bertz CT molecular complexity index is 267. The molecule has 0 rings (SSSR count). The largest absolute Gasteiger partial charge is 1.00 e. The van der Waals surface area contributed by atoms with Gasteiger partial charge in [-0.2, -0.15) is 0 Å². The summed E-state index contributed by atoms with van der Waals surface area (Å²) < 4.78 is 19.1. The number of rotatable bonds is 4. The second-order valence-corrected chi connectivity index (χ2v) is 3.53. The zero-order valence-electron chi connectivity index (χ0n) is 8.57. The van der Waals surface area contributed by atoms with Gasteiger partial charge in [-0.25, -0.2) is 0 Å². The molecule has 1 amide bonds. The Morgan fingerprint density at radius 2 is 2.07 bits per heavy atom. The van der Waals surface area contributed by atoms with Gasteiger partial charge < -0.3 is 19.3 Å². The summed E-state index contributed by atoms with van der Waals surface area (Å²) >= 11 is 0. The first-order valence-corrected chi connectivity index (χ1v) is 4.83. The standard InChI is InChI=1S/C6H12NO5P.Na/c1-5(4-6(8)7-2)12-13(9,10)11-3;/h4H,1-3H3,(H,7,8)(H,9,10);/q;+1/p-1/b5-4+;. The van der Waals surface area contributed by atoms with E-state index in [1.807, 2.05) is 0 Å². The van der Waals surface area contributed by atoms with E-state index in [4.69, 9.17) is 0 Å². The van der Waals surface area contributed by atoms with E-state index in [9.17, 15) is 14.3 Å². The van der Waals surface area contributed by atoms with Crippen molar-refractivity contribution < 1.29 is 52.9 Å². The zero-order chi connectivity index (χ0) is 10.5. The molecular formula is C6H11NNaO5P. The monoisotopic (exact) mass is 231 g/mol. The SMILES string of the molecule is CNC(=O)/C=C(\C)OP(=O)([O-])OC.[Na+]. The molecule has 0 aliphatic rings. The van der Waals surface area contributed by atoms with Gasteiger partial charge >= 0.3 is 37.4 Å². The predicted octanol–water partition coefficient (Wildman–Crippen LogP) is -3.23. The van der Waals surface area contributed by atoms with Gasteiger partial charge in [-0.15, -0.1) is 0 Å². The zero-order valence-corrected chi connectivity index (χ0v) is 11.5. The summed E-state index contributed by atoms with van der Waals surface area (Å²) in [4.78, 5) is 21.4. The first-order valence-electron chi connectivity index (χ1n) is 3.37. The fourth-order valence-electron chi connectivity index (χ4n) is 0.497. The molecule has 0 saturated heterocycles. The predicted molar refractivity (Wildman–Crippen MR) is 43.5 cm³/mol. The van der Waals surface area contributed by atoms with Gasteiger partial charge in [-0.3, -0.25) is 9.36 Å². The third-order valence-electron chi connectivity index (χ3n) is 1.06. The van der Waals surface area contributed by atoms with Crippen LogP contribution in [0.4, 0.5) is 0 Å². The third-order valence-corrected chi connectivity index (χ3v) is 2.02. The Labute approximate surface area is 105 Å². The molecule has 0 aliphatic heterocycles. The van der Waals surface area contributed by atoms with Gasteiger partial charge in [-0.1, -0.05) is 0 Å². The second-order valence-electron chi connectivity index (χ2n) is 2.09. The summed E-state index contributed by atoms with van der Waals surface area (Å²) in [6.45, 7) is 1.33. The molecule has 0 spiro atoms. The van der Waals surface area contributed by atoms with E-state index in [0.717, 1.165) is 13.2 Å². The van der Waals surface area contributed by atoms with Crippen LogP contribution in [0, 0.1) is 0 Å². The molecule has 0 heterocycles. The minimum Gasteiger partial charge on any atom is -0.746 e. The summed E-state index contributed by atoms with van der Waals surface area (Å²) in [5.41, 5.74) is 0. The van der Waals surface area contributed by atoms with E-state index in [1.54, 1.807) is 0 Å². The number of hydrogen-bond donors (Lipinski definition) is 1. The van der Waals surface area contributed by atoms with Crippen molar-refractivity contribution in [2.45, 2.75) is 6.92 Å². The molecule has 0 bridgehead atoms. The number of hydrogen-bond acceptors (Lipinski definition) is 5. The van der Waals surface area contributed by atoms with Gasteiger partial charge in [0.05, 0.1) is 0 Å². The number of amides is 1. The third kappa shape index (κ3) is 7.55. The molecule has 0 aliphatic carbocycles. The van der Waals surface area contributed by atoms with Gasteiger partial charge in [0.2, 0.25) is 5.91 Å². The van der Waals surface area contributed by atoms with Crippen LogP contribution in [0.5, 0.6) is 0 Å². The average Bonchev–Trinajstić information content (AvgIpc) is 2.03. The first kappa shape index (κ1) is 16.6. The summed E-state index contributed by atoms with van der Waals surface area (Å²) in [5.74, 6) is -0.506. The van der Waals surface area contributed by atoms with E-state index in [1.165, 1.54) is 14.0 Å². The van der Waals surface area contributed by atoms with Gasteiger partial charge in [0.25, 0.3) is 0 Å². The van der Waals surface area contributed by atoms with Gasteiger partial charge in [0.1, 0.15) is 5.76 Å². The molecule has 6 nitrogen and oxygen atoms in total. The van der Waals surface area contributed by atoms with Crippen molar-refractivity contribution in [1.29, 1.82) is 0 Å². The van der Waals surface area contributed by atoms with Gasteiger partial charge in [0.15, 0.2) is 0 Å². The number of phosphoric ester groups is 1. The van der Waals surface area contributed by atoms with Crippen LogP contribution in [0.2, 0.25) is 0 Å². The molecule has 0 aromatic heterocycles. The molecule has 8 heteroatoms. The van der Waals surface area contributed by atoms with Crippen molar-refractivity contribution >= 4 is 13.7 Å². The summed E-state index contributed by atoms with van der Waals surface area (Å²) in [6, 6.07) is 0. The maximum absolute atomic E-state index is 10.7. The van der Waals surface area contributed by atoms with Crippen molar-refractivity contribution in [1.82, 2.24) is 5.32 Å². The summed E-state index contributed by atoms with van der Waals surface area (Å²) in [6.07, 6.45) is 1.00. The van der Waals surface area contributed by atoms with E-state index < -0.39 is 13.7 Å². The molecule has 0 saturated carbocycles. The van der Waals surface area contributed by atoms with Crippen molar-refractivity contribution in [2.24, 2.45) is 0 Å². The second kappa shape index (κ2) is 7.45. The van der Waals surface area contributed by atoms with Crippen LogP contribution >= 0.6 is 7.82 Å². The summed E-state index contributed by atoms with van der Waals surface area (Å²) in [5, 5.41) is 2.27. The topological polar surface area (TPSA) is 87.7 Å².